The van der Waals surface area contributed by atoms with E-state index in [0.29, 0.717) is 0 Å². The van der Waals surface area contributed by atoms with Crippen molar-refractivity contribution < 1.29 is 4.52 Å². The van der Waals surface area contributed by atoms with E-state index in [1.807, 2.05) is 24.3 Å². The highest BCUT2D eigenvalue weighted by atomic mass is 16.5. The number of hydrogen-bond donors (Lipinski definition) is 0. The number of benzene rings is 2. The van der Waals surface area contributed by atoms with Gasteiger partial charge in [-0.1, -0.05) is 71.9 Å². The van der Waals surface area contributed by atoms with E-state index < -0.39 is 0 Å². The fraction of sp³-hybridized carbons (Fsp3) is 0.346. The second kappa shape index (κ2) is 10.9. The molecule has 1 aromatic heterocycles. The van der Waals surface area contributed by atoms with E-state index in [2.05, 4.69) is 69.6 Å². The van der Waals surface area contributed by atoms with Crippen LogP contribution >= 0.6 is 0 Å². The van der Waals surface area contributed by atoms with Crippen LogP contribution in [0.3, 0.4) is 0 Å². The summed E-state index contributed by atoms with van der Waals surface area (Å²) in [6.45, 7) is 6.91. The molecule has 2 heterocycles. The molecule has 0 N–H and O–H groups in total. The van der Waals surface area contributed by atoms with Gasteiger partial charge in [0.1, 0.15) is 11.5 Å². The van der Waals surface area contributed by atoms with Gasteiger partial charge in [0, 0.05) is 45.2 Å². The Morgan fingerprint density at radius 1 is 0.800 bits per heavy atom. The van der Waals surface area contributed by atoms with Gasteiger partial charge in [0.15, 0.2) is 0 Å². The van der Waals surface area contributed by atoms with E-state index in [1.54, 1.807) is 0 Å². The Balaban J connectivity index is 1.12. The Morgan fingerprint density at radius 3 is 2.27 bits per heavy atom. The lowest BCUT2D eigenvalue weighted by Gasteiger charge is -2.34. The summed E-state index contributed by atoms with van der Waals surface area (Å²) in [4.78, 5) is 5.15. The minimum Gasteiger partial charge on any atom is -0.361 e. The van der Waals surface area contributed by atoms with Gasteiger partial charge in [-0.25, -0.2) is 0 Å². The largest absolute Gasteiger partial charge is 0.361 e. The molecule has 30 heavy (non-hydrogen) atoms. The number of aromatic nitrogens is 1. The highest BCUT2D eigenvalue weighted by molar-refractivity contribution is 5.67. The van der Waals surface area contributed by atoms with Gasteiger partial charge in [0.2, 0.25) is 0 Å². The first-order valence-corrected chi connectivity index (χ1v) is 11.0. The standard InChI is InChI=1S/C26H31N3O/c1-3-9-23(10-4-1)14-15-25-21-26(30-27-25)13-7-8-16-28-17-19-29(20-18-28)22-24-11-5-2-6-12-24/h1-6,9-12,14-15,21H,7-8,13,16-20,22H2. The Hall–Kier alpha value is -2.69. The highest BCUT2D eigenvalue weighted by Gasteiger charge is 2.16. The molecular formula is C26H31N3O. The molecular weight excluding hydrogens is 370 g/mol. The van der Waals surface area contributed by atoms with E-state index in [4.69, 9.17) is 4.52 Å². The first-order valence-electron chi connectivity index (χ1n) is 11.0. The van der Waals surface area contributed by atoms with Crippen molar-refractivity contribution in [2.45, 2.75) is 25.8 Å². The van der Waals surface area contributed by atoms with Gasteiger partial charge >= 0.3 is 0 Å². The van der Waals surface area contributed by atoms with Gasteiger partial charge in [-0.3, -0.25) is 4.90 Å². The van der Waals surface area contributed by atoms with Crippen molar-refractivity contribution in [2.75, 3.05) is 32.7 Å². The SMILES string of the molecule is C(=Cc1cc(CCCCN2CCN(Cc3ccccc3)CC2)on1)c1ccccc1. The van der Waals surface area contributed by atoms with Crippen LogP contribution in [0, 0.1) is 0 Å². The van der Waals surface area contributed by atoms with Crippen LogP contribution < -0.4 is 0 Å². The number of piperazine rings is 1. The van der Waals surface area contributed by atoms with Crippen molar-refractivity contribution in [3.05, 3.63) is 89.3 Å². The van der Waals surface area contributed by atoms with E-state index in [1.165, 1.54) is 37.2 Å². The Kier molecular flexibility index (Phi) is 7.48. The van der Waals surface area contributed by atoms with E-state index in [-0.39, 0.29) is 0 Å². The fourth-order valence-electron chi connectivity index (χ4n) is 3.92. The molecule has 4 heteroatoms. The first-order chi connectivity index (χ1) is 14.8. The van der Waals surface area contributed by atoms with Gasteiger partial charge in [0.25, 0.3) is 0 Å². The fourth-order valence-corrected chi connectivity index (χ4v) is 3.92. The van der Waals surface area contributed by atoms with Crippen LogP contribution in [-0.2, 0) is 13.0 Å². The average molecular weight is 402 g/mol. The van der Waals surface area contributed by atoms with Crippen molar-refractivity contribution in [2.24, 2.45) is 0 Å². The van der Waals surface area contributed by atoms with Crippen LogP contribution in [0.4, 0.5) is 0 Å². The maximum atomic E-state index is 5.49. The molecule has 1 aliphatic heterocycles. The molecule has 0 unspecified atom stereocenters. The molecule has 2 aromatic carbocycles. The lowest BCUT2D eigenvalue weighted by molar-refractivity contribution is 0.125. The Bertz CT molecular complexity index is 896. The number of nitrogens with zero attached hydrogens (tertiary/aromatic N) is 3. The summed E-state index contributed by atoms with van der Waals surface area (Å²) >= 11 is 0. The summed E-state index contributed by atoms with van der Waals surface area (Å²) in [6.07, 6.45) is 7.38. The van der Waals surface area contributed by atoms with E-state index in [0.717, 1.165) is 43.9 Å². The van der Waals surface area contributed by atoms with Gasteiger partial charge in [0.05, 0.1) is 0 Å². The van der Waals surface area contributed by atoms with Crippen molar-refractivity contribution in [3.8, 4) is 0 Å². The molecule has 1 fully saturated rings. The van der Waals surface area contributed by atoms with Gasteiger partial charge in [-0.15, -0.1) is 0 Å². The highest BCUT2D eigenvalue weighted by Crippen LogP contribution is 2.13. The smallest absolute Gasteiger partial charge is 0.137 e. The summed E-state index contributed by atoms with van der Waals surface area (Å²) in [5, 5.41) is 4.16. The van der Waals surface area contributed by atoms with Gasteiger partial charge in [-0.2, -0.15) is 0 Å². The quantitative estimate of drug-likeness (QED) is 0.473. The second-order valence-corrected chi connectivity index (χ2v) is 8.02. The topological polar surface area (TPSA) is 32.5 Å². The molecule has 0 bridgehead atoms. The zero-order valence-corrected chi connectivity index (χ0v) is 17.6. The van der Waals surface area contributed by atoms with Crippen LogP contribution in [0.2, 0.25) is 0 Å². The van der Waals surface area contributed by atoms with Crippen molar-refractivity contribution in [3.63, 3.8) is 0 Å². The predicted molar refractivity (Wildman–Crippen MR) is 123 cm³/mol. The van der Waals surface area contributed by atoms with Crippen LogP contribution in [0.25, 0.3) is 12.2 Å². The third kappa shape index (κ3) is 6.41. The van der Waals surface area contributed by atoms with Crippen LogP contribution in [0.15, 0.2) is 71.3 Å². The third-order valence-corrected chi connectivity index (χ3v) is 5.68. The molecule has 0 radical (unpaired) electrons. The minimum atomic E-state index is 0.892. The molecule has 0 atom stereocenters. The predicted octanol–water partition coefficient (Wildman–Crippen LogP) is 4.99. The zero-order chi connectivity index (χ0) is 20.4. The van der Waals surface area contributed by atoms with Crippen LogP contribution in [0.5, 0.6) is 0 Å². The van der Waals surface area contributed by atoms with Crippen molar-refractivity contribution in [1.82, 2.24) is 15.0 Å². The normalized spacial score (nSPS) is 15.7. The number of rotatable bonds is 9. The maximum absolute atomic E-state index is 5.49. The molecule has 0 saturated carbocycles. The van der Waals surface area contributed by atoms with Crippen LogP contribution in [0.1, 0.15) is 35.4 Å². The Morgan fingerprint density at radius 2 is 1.50 bits per heavy atom. The number of aryl methyl sites for hydroxylation is 1. The average Bonchev–Trinajstić information content (AvgIpc) is 3.26. The first kappa shape index (κ1) is 20.6. The molecule has 0 spiro atoms. The summed E-state index contributed by atoms with van der Waals surface area (Å²) in [5.41, 5.74) is 3.48. The van der Waals surface area contributed by atoms with Crippen LogP contribution in [-0.4, -0.2) is 47.7 Å². The van der Waals surface area contributed by atoms with E-state index in [9.17, 15) is 0 Å². The van der Waals surface area contributed by atoms with E-state index >= 15 is 0 Å². The molecule has 3 aromatic rings. The summed E-state index contributed by atoms with van der Waals surface area (Å²) in [6, 6.07) is 23.1. The summed E-state index contributed by atoms with van der Waals surface area (Å²) in [7, 11) is 0. The van der Waals surface area contributed by atoms with Crippen molar-refractivity contribution in [1.29, 1.82) is 0 Å². The molecule has 4 rings (SSSR count). The molecule has 4 nitrogen and oxygen atoms in total. The molecule has 0 amide bonds. The molecule has 156 valence electrons. The number of hydrogen-bond acceptors (Lipinski definition) is 4. The second-order valence-electron chi connectivity index (χ2n) is 8.02. The molecule has 0 aliphatic carbocycles. The summed E-state index contributed by atoms with van der Waals surface area (Å²) < 4.78 is 5.49. The third-order valence-electron chi connectivity index (χ3n) is 5.68. The van der Waals surface area contributed by atoms with Crippen molar-refractivity contribution >= 4 is 12.2 Å². The monoisotopic (exact) mass is 401 g/mol. The maximum Gasteiger partial charge on any atom is 0.137 e. The van der Waals surface area contributed by atoms with Gasteiger partial charge < -0.3 is 9.42 Å². The summed E-state index contributed by atoms with van der Waals surface area (Å²) in [5.74, 6) is 0.982. The van der Waals surface area contributed by atoms with Gasteiger partial charge in [-0.05, 0) is 36.6 Å². The minimum absolute atomic E-state index is 0.892. The lowest BCUT2D eigenvalue weighted by Crippen LogP contribution is -2.46. The zero-order valence-electron chi connectivity index (χ0n) is 17.6. The Labute approximate surface area is 179 Å². The molecule has 1 aliphatic rings. The number of unbranched alkanes of at least 4 members (excludes halogenated alkanes) is 1. The lowest BCUT2D eigenvalue weighted by atomic mass is 10.1. The molecule has 1 saturated heterocycles.